The highest BCUT2D eigenvalue weighted by Crippen LogP contribution is 2.31. The Hall–Kier alpha value is -2.82. The van der Waals surface area contributed by atoms with Crippen LogP contribution in [0.2, 0.25) is 0 Å². The Labute approximate surface area is 170 Å². The van der Waals surface area contributed by atoms with Gasteiger partial charge in [0.15, 0.2) is 6.61 Å². The van der Waals surface area contributed by atoms with E-state index < -0.39 is 5.97 Å². The lowest BCUT2D eigenvalue weighted by Crippen LogP contribution is -2.45. The van der Waals surface area contributed by atoms with E-state index >= 15 is 0 Å². The van der Waals surface area contributed by atoms with Crippen LogP contribution < -0.4 is 5.32 Å². The van der Waals surface area contributed by atoms with Crippen molar-refractivity contribution in [1.29, 1.82) is 0 Å². The molecule has 0 aliphatic heterocycles. The highest BCUT2D eigenvalue weighted by molar-refractivity contribution is 6.08. The molecule has 1 aromatic heterocycles. The lowest BCUT2D eigenvalue weighted by atomic mass is 9.78. The van der Waals surface area contributed by atoms with Crippen molar-refractivity contribution in [3.8, 4) is 0 Å². The van der Waals surface area contributed by atoms with E-state index in [1.54, 1.807) is 6.26 Å². The van der Waals surface area contributed by atoms with E-state index in [1.165, 1.54) is 6.42 Å². The molecule has 1 N–H and O–H groups in total. The number of hydrogen-bond donors (Lipinski definition) is 1. The van der Waals surface area contributed by atoms with Crippen LogP contribution in [0.3, 0.4) is 0 Å². The molecule has 1 fully saturated rings. The summed E-state index contributed by atoms with van der Waals surface area (Å²) in [6.45, 7) is 4.16. The van der Waals surface area contributed by atoms with Crippen molar-refractivity contribution < 1.29 is 18.7 Å². The normalized spacial score (nSPS) is 21.9. The maximum Gasteiger partial charge on any atom is 0.310 e. The van der Waals surface area contributed by atoms with Gasteiger partial charge in [0.05, 0.1) is 12.7 Å². The fourth-order valence-corrected chi connectivity index (χ4v) is 4.39. The molecule has 0 bridgehead atoms. The van der Waals surface area contributed by atoms with E-state index in [4.69, 9.17) is 9.15 Å². The Balaban J connectivity index is 1.38. The second kappa shape index (κ2) is 8.27. The Kier molecular flexibility index (Phi) is 5.56. The van der Waals surface area contributed by atoms with E-state index in [-0.39, 0.29) is 25.0 Å². The van der Waals surface area contributed by atoms with E-state index in [1.807, 2.05) is 36.4 Å². The number of esters is 1. The molecule has 1 saturated carbocycles. The Morgan fingerprint density at radius 1 is 1.14 bits per heavy atom. The third-order valence-corrected chi connectivity index (χ3v) is 6.29. The minimum absolute atomic E-state index is 0.0746. The number of benzene rings is 2. The number of furan rings is 1. The number of fused-ring (bicyclic) bond motifs is 3. The Morgan fingerprint density at radius 3 is 2.83 bits per heavy atom. The minimum atomic E-state index is -0.430. The Morgan fingerprint density at radius 2 is 1.97 bits per heavy atom. The van der Waals surface area contributed by atoms with Crippen LogP contribution in [0.5, 0.6) is 0 Å². The van der Waals surface area contributed by atoms with E-state index in [9.17, 15) is 9.59 Å². The van der Waals surface area contributed by atoms with Gasteiger partial charge in [-0.25, -0.2) is 0 Å². The molecule has 1 aliphatic carbocycles. The molecule has 152 valence electrons. The average Bonchev–Trinajstić information content (AvgIpc) is 3.13. The Bertz CT molecular complexity index is 1040. The second-order valence-electron chi connectivity index (χ2n) is 8.20. The van der Waals surface area contributed by atoms with E-state index in [0.717, 1.165) is 40.1 Å². The molecule has 1 aliphatic rings. The van der Waals surface area contributed by atoms with Crippen molar-refractivity contribution in [2.24, 2.45) is 11.8 Å². The molecule has 5 heteroatoms. The molecule has 3 aromatic rings. The van der Waals surface area contributed by atoms with E-state index in [0.29, 0.717) is 11.8 Å². The van der Waals surface area contributed by atoms with Gasteiger partial charge in [0, 0.05) is 17.0 Å². The lowest BCUT2D eigenvalue weighted by molar-refractivity contribution is -0.148. The maximum absolute atomic E-state index is 12.4. The molecule has 1 heterocycles. The van der Waals surface area contributed by atoms with Gasteiger partial charge >= 0.3 is 5.97 Å². The molecule has 3 atom stereocenters. The van der Waals surface area contributed by atoms with E-state index in [2.05, 4.69) is 19.2 Å². The van der Waals surface area contributed by atoms with Crippen molar-refractivity contribution in [3.05, 3.63) is 48.2 Å². The predicted octanol–water partition coefficient (Wildman–Crippen LogP) is 4.61. The molecular weight excluding hydrogens is 366 g/mol. The highest BCUT2D eigenvalue weighted by Gasteiger charge is 2.28. The first-order valence-electron chi connectivity index (χ1n) is 10.4. The lowest BCUT2D eigenvalue weighted by Gasteiger charge is -2.34. The van der Waals surface area contributed by atoms with Gasteiger partial charge in [-0.3, -0.25) is 9.59 Å². The van der Waals surface area contributed by atoms with Gasteiger partial charge in [0.25, 0.3) is 5.91 Å². The molecule has 1 amide bonds. The van der Waals surface area contributed by atoms with Crippen molar-refractivity contribution in [1.82, 2.24) is 5.32 Å². The number of amides is 1. The molecule has 5 nitrogen and oxygen atoms in total. The fourth-order valence-electron chi connectivity index (χ4n) is 4.39. The number of ether oxygens (including phenoxy) is 1. The van der Waals surface area contributed by atoms with Crippen molar-refractivity contribution >= 4 is 33.6 Å². The topological polar surface area (TPSA) is 68.5 Å². The summed E-state index contributed by atoms with van der Waals surface area (Å²) in [5, 5.41) is 6.09. The van der Waals surface area contributed by atoms with Crippen LogP contribution >= 0.6 is 0 Å². The molecule has 2 aromatic carbocycles. The van der Waals surface area contributed by atoms with Crippen LogP contribution in [0.25, 0.3) is 21.7 Å². The summed E-state index contributed by atoms with van der Waals surface area (Å²) >= 11 is 0. The monoisotopic (exact) mass is 393 g/mol. The van der Waals surface area contributed by atoms with Gasteiger partial charge in [-0.15, -0.1) is 0 Å². The van der Waals surface area contributed by atoms with Crippen LogP contribution in [-0.2, 0) is 20.7 Å². The molecular formula is C24H27NO4. The third kappa shape index (κ3) is 4.14. The number of carbonyl (C=O) groups excluding carboxylic acids is 2. The zero-order valence-corrected chi connectivity index (χ0v) is 16.9. The van der Waals surface area contributed by atoms with Crippen molar-refractivity contribution in [3.63, 3.8) is 0 Å². The number of nitrogens with one attached hydrogen (secondary N) is 1. The molecule has 29 heavy (non-hydrogen) atoms. The zero-order chi connectivity index (χ0) is 20.4. The predicted molar refractivity (Wildman–Crippen MR) is 112 cm³/mol. The quantitative estimate of drug-likeness (QED) is 0.643. The fraction of sp³-hybridized carbons (Fsp3) is 0.417. The molecule has 0 unspecified atom stereocenters. The molecule has 0 radical (unpaired) electrons. The van der Waals surface area contributed by atoms with Gasteiger partial charge in [0.2, 0.25) is 0 Å². The van der Waals surface area contributed by atoms with Crippen LogP contribution in [0, 0.1) is 11.8 Å². The van der Waals surface area contributed by atoms with Gasteiger partial charge in [-0.2, -0.15) is 0 Å². The van der Waals surface area contributed by atoms with Gasteiger partial charge in [-0.05, 0) is 35.1 Å². The second-order valence-corrected chi connectivity index (χ2v) is 8.20. The van der Waals surface area contributed by atoms with Crippen LogP contribution in [-0.4, -0.2) is 24.5 Å². The maximum atomic E-state index is 12.4. The van der Waals surface area contributed by atoms with Crippen LogP contribution in [0.4, 0.5) is 0 Å². The first-order valence-corrected chi connectivity index (χ1v) is 10.4. The standard InChI is InChI=1S/C24H27NO4/c1-15-6-5-9-20(16(15)2)25-22(26)14-29-23(27)12-18-13-28-21-11-10-17-7-3-4-8-19(17)24(18)21/h3-4,7-8,10-11,13,15-16,20H,5-6,9,12,14H2,1-2H3,(H,25,26)/t15-,16-,20-/m1/s1. The number of carbonyl (C=O) groups is 2. The summed E-state index contributed by atoms with van der Waals surface area (Å²) in [5.74, 6) is 0.377. The molecule has 4 rings (SSSR count). The van der Waals surface area contributed by atoms with Crippen molar-refractivity contribution in [2.75, 3.05) is 6.61 Å². The summed E-state index contributed by atoms with van der Waals surface area (Å²) in [6.07, 6.45) is 4.99. The van der Waals surface area contributed by atoms with Gasteiger partial charge < -0.3 is 14.5 Å². The third-order valence-electron chi connectivity index (χ3n) is 6.29. The minimum Gasteiger partial charge on any atom is -0.464 e. The van der Waals surface area contributed by atoms with Crippen LogP contribution in [0.15, 0.2) is 47.1 Å². The summed E-state index contributed by atoms with van der Waals surface area (Å²) in [7, 11) is 0. The zero-order valence-electron chi connectivity index (χ0n) is 16.9. The summed E-state index contributed by atoms with van der Waals surface area (Å²) in [5.41, 5.74) is 1.52. The van der Waals surface area contributed by atoms with Gasteiger partial charge in [0.1, 0.15) is 5.58 Å². The average molecular weight is 393 g/mol. The largest absolute Gasteiger partial charge is 0.464 e. The van der Waals surface area contributed by atoms with Gasteiger partial charge in [-0.1, -0.05) is 57.0 Å². The summed E-state index contributed by atoms with van der Waals surface area (Å²) in [4.78, 5) is 24.6. The van der Waals surface area contributed by atoms with Crippen molar-refractivity contribution in [2.45, 2.75) is 45.6 Å². The smallest absolute Gasteiger partial charge is 0.310 e. The number of rotatable bonds is 5. The summed E-state index contributed by atoms with van der Waals surface area (Å²) < 4.78 is 10.9. The molecule has 0 spiro atoms. The SMILES string of the molecule is C[C@@H]1[C@H](C)CCC[C@H]1NC(=O)COC(=O)Cc1coc2ccc3ccccc3c12. The summed E-state index contributed by atoms with van der Waals surface area (Å²) in [6, 6.07) is 12.1. The first kappa shape index (κ1) is 19.5. The first-order chi connectivity index (χ1) is 14.0. The highest BCUT2D eigenvalue weighted by atomic mass is 16.5. The van der Waals surface area contributed by atoms with Crippen LogP contribution in [0.1, 0.15) is 38.7 Å². The molecule has 0 saturated heterocycles. The number of hydrogen-bond acceptors (Lipinski definition) is 4.